The van der Waals surface area contributed by atoms with Gasteiger partial charge in [0.1, 0.15) is 0 Å². The third-order valence-corrected chi connectivity index (χ3v) is 2.96. The van der Waals surface area contributed by atoms with Gasteiger partial charge in [0.25, 0.3) is 0 Å². The number of amides is 3. The van der Waals surface area contributed by atoms with E-state index in [2.05, 4.69) is 10.6 Å². The molecule has 1 aliphatic heterocycles. The van der Waals surface area contributed by atoms with E-state index in [0.717, 1.165) is 32.4 Å². The molecule has 19 heavy (non-hydrogen) atoms. The number of hydrogen-bond acceptors (Lipinski definition) is 3. The molecule has 108 valence electrons. The molecule has 7 nitrogen and oxygen atoms in total. The van der Waals surface area contributed by atoms with Crippen molar-refractivity contribution >= 4 is 17.9 Å². The molecule has 0 bridgehead atoms. The van der Waals surface area contributed by atoms with E-state index in [0.29, 0.717) is 6.42 Å². The lowest BCUT2D eigenvalue weighted by atomic mass is 10.1. The van der Waals surface area contributed by atoms with Crippen molar-refractivity contribution in [2.75, 3.05) is 26.2 Å². The Hall–Kier alpha value is -1.79. The zero-order valence-corrected chi connectivity index (χ0v) is 11.0. The fraction of sp³-hybridized carbons (Fsp3) is 0.750. The largest absolute Gasteiger partial charge is 0.481 e. The molecule has 0 aromatic heterocycles. The molecular formula is C12H21N3O4. The lowest BCUT2D eigenvalue weighted by Crippen LogP contribution is -2.45. The molecule has 3 amide bonds. The SMILES string of the molecule is O=C(O)CCCNC(=O)NCC(=O)N1CCCCC1. The zero-order chi connectivity index (χ0) is 14.1. The van der Waals surface area contributed by atoms with Gasteiger partial charge in [0, 0.05) is 26.1 Å². The summed E-state index contributed by atoms with van der Waals surface area (Å²) in [5.41, 5.74) is 0. The molecule has 1 saturated heterocycles. The number of carboxylic acid groups (broad SMARTS) is 1. The van der Waals surface area contributed by atoms with Crippen LogP contribution in [0.4, 0.5) is 4.79 Å². The number of nitrogens with one attached hydrogen (secondary N) is 2. The van der Waals surface area contributed by atoms with E-state index in [-0.39, 0.29) is 25.4 Å². The molecule has 0 unspecified atom stereocenters. The third-order valence-electron chi connectivity index (χ3n) is 2.96. The average Bonchev–Trinajstić information content (AvgIpc) is 2.41. The van der Waals surface area contributed by atoms with Crippen LogP contribution in [0, 0.1) is 0 Å². The van der Waals surface area contributed by atoms with E-state index >= 15 is 0 Å². The predicted molar refractivity (Wildman–Crippen MR) is 68.7 cm³/mol. The third kappa shape index (κ3) is 6.64. The van der Waals surface area contributed by atoms with Crippen molar-refractivity contribution in [1.29, 1.82) is 0 Å². The van der Waals surface area contributed by atoms with Crippen molar-refractivity contribution in [2.24, 2.45) is 0 Å². The molecule has 0 radical (unpaired) electrons. The minimum absolute atomic E-state index is 0.00916. The average molecular weight is 271 g/mol. The maximum atomic E-state index is 11.7. The van der Waals surface area contributed by atoms with Gasteiger partial charge in [0.15, 0.2) is 0 Å². The Balaban J connectivity index is 2.08. The standard InChI is InChI=1S/C12H21N3O4/c16-10(15-7-2-1-3-8-15)9-14-12(19)13-6-4-5-11(17)18/h1-9H2,(H,17,18)(H2,13,14,19). The van der Waals surface area contributed by atoms with Gasteiger partial charge in [-0.25, -0.2) is 4.79 Å². The fourth-order valence-corrected chi connectivity index (χ4v) is 1.92. The molecule has 1 fully saturated rings. The van der Waals surface area contributed by atoms with E-state index < -0.39 is 12.0 Å². The molecule has 1 rings (SSSR count). The van der Waals surface area contributed by atoms with Gasteiger partial charge in [-0.2, -0.15) is 0 Å². The highest BCUT2D eigenvalue weighted by molar-refractivity contribution is 5.84. The van der Waals surface area contributed by atoms with Crippen LogP contribution in [0.15, 0.2) is 0 Å². The number of rotatable bonds is 6. The summed E-state index contributed by atoms with van der Waals surface area (Å²) >= 11 is 0. The van der Waals surface area contributed by atoms with Crippen LogP contribution >= 0.6 is 0 Å². The molecule has 3 N–H and O–H groups in total. The molecule has 0 aliphatic carbocycles. The Labute approximate surface area is 112 Å². The number of aliphatic carboxylic acids is 1. The molecule has 7 heteroatoms. The summed E-state index contributed by atoms with van der Waals surface area (Å²) in [6.45, 7) is 1.81. The first-order chi connectivity index (χ1) is 9.09. The van der Waals surface area contributed by atoms with Crippen molar-refractivity contribution < 1.29 is 19.5 Å². The van der Waals surface area contributed by atoms with E-state index in [9.17, 15) is 14.4 Å². The number of carbonyl (C=O) groups is 3. The fourth-order valence-electron chi connectivity index (χ4n) is 1.92. The summed E-state index contributed by atoms with van der Waals surface area (Å²) in [6, 6.07) is -0.434. The van der Waals surface area contributed by atoms with Gasteiger partial charge < -0.3 is 20.6 Å². The van der Waals surface area contributed by atoms with Gasteiger partial charge >= 0.3 is 12.0 Å². The number of hydrogen-bond donors (Lipinski definition) is 3. The molecule has 0 aromatic rings. The van der Waals surface area contributed by atoms with Crippen LogP contribution in [0.2, 0.25) is 0 Å². The summed E-state index contributed by atoms with van der Waals surface area (Å²) < 4.78 is 0. The summed E-state index contributed by atoms with van der Waals surface area (Å²) in [5, 5.41) is 13.4. The Morgan fingerprint density at radius 1 is 1.05 bits per heavy atom. The van der Waals surface area contributed by atoms with Gasteiger partial charge in [0.2, 0.25) is 5.91 Å². The molecule has 1 aliphatic rings. The van der Waals surface area contributed by atoms with Crippen LogP contribution in [0.25, 0.3) is 0 Å². The number of carbonyl (C=O) groups excluding carboxylic acids is 2. The molecule has 0 spiro atoms. The monoisotopic (exact) mass is 271 g/mol. The first-order valence-corrected chi connectivity index (χ1v) is 6.61. The number of likely N-dealkylation sites (tertiary alicyclic amines) is 1. The van der Waals surface area contributed by atoms with Crippen LogP contribution in [-0.4, -0.2) is 54.1 Å². The Bertz CT molecular complexity index is 327. The smallest absolute Gasteiger partial charge is 0.315 e. The zero-order valence-electron chi connectivity index (χ0n) is 11.0. The van der Waals surface area contributed by atoms with Crippen molar-refractivity contribution in [3.8, 4) is 0 Å². The summed E-state index contributed by atoms with van der Waals surface area (Å²) in [6.07, 6.45) is 3.59. The van der Waals surface area contributed by atoms with Crippen LogP contribution in [0.3, 0.4) is 0 Å². The molecule has 0 aromatic carbocycles. The van der Waals surface area contributed by atoms with Crippen molar-refractivity contribution in [3.63, 3.8) is 0 Å². The van der Waals surface area contributed by atoms with Crippen LogP contribution in [0.5, 0.6) is 0 Å². The summed E-state index contributed by atoms with van der Waals surface area (Å²) in [7, 11) is 0. The van der Waals surface area contributed by atoms with Gasteiger partial charge in [-0.15, -0.1) is 0 Å². The number of urea groups is 1. The van der Waals surface area contributed by atoms with Gasteiger partial charge in [-0.05, 0) is 25.7 Å². The molecule has 1 heterocycles. The lowest BCUT2D eigenvalue weighted by Gasteiger charge is -2.26. The van der Waals surface area contributed by atoms with Crippen molar-refractivity contribution in [1.82, 2.24) is 15.5 Å². The van der Waals surface area contributed by atoms with Gasteiger partial charge in [-0.3, -0.25) is 9.59 Å². The number of piperidine rings is 1. The van der Waals surface area contributed by atoms with E-state index in [1.165, 1.54) is 0 Å². The maximum Gasteiger partial charge on any atom is 0.315 e. The van der Waals surface area contributed by atoms with Crippen molar-refractivity contribution in [2.45, 2.75) is 32.1 Å². The normalized spacial score (nSPS) is 14.8. The van der Waals surface area contributed by atoms with Crippen LogP contribution in [-0.2, 0) is 9.59 Å². The first-order valence-electron chi connectivity index (χ1n) is 6.61. The highest BCUT2D eigenvalue weighted by Gasteiger charge is 2.16. The Morgan fingerprint density at radius 3 is 2.37 bits per heavy atom. The second-order valence-corrected chi connectivity index (χ2v) is 4.55. The number of carboxylic acids is 1. The summed E-state index contributed by atoms with van der Waals surface area (Å²) in [4.78, 5) is 35.1. The Kier molecular flexibility index (Phi) is 6.70. The Morgan fingerprint density at radius 2 is 1.74 bits per heavy atom. The molecular weight excluding hydrogens is 250 g/mol. The first kappa shape index (κ1) is 15.3. The maximum absolute atomic E-state index is 11.7. The second kappa shape index (κ2) is 8.34. The highest BCUT2D eigenvalue weighted by atomic mass is 16.4. The highest BCUT2D eigenvalue weighted by Crippen LogP contribution is 2.07. The van der Waals surface area contributed by atoms with E-state index in [4.69, 9.17) is 5.11 Å². The van der Waals surface area contributed by atoms with Crippen LogP contribution in [0.1, 0.15) is 32.1 Å². The summed E-state index contributed by atoms with van der Waals surface area (Å²) in [5.74, 6) is -0.956. The quantitative estimate of drug-likeness (QED) is 0.599. The van der Waals surface area contributed by atoms with E-state index in [1.807, 2.05) is 0 Å². The van der Waals surface area contributed by atoms with E-state index in [1.54, 1.807) is 4.90 Å². The molecule has 0 atom stereocenters. The van der Waals surface area contributed by atoms with Gasteiger partial charge in [0.05, 0.1) is 6.54 Å². The lowest BCUT2D eigenvalue weighted by molar-refractivity contribution is -0.137. The number of nitrogens with zero attached hydrogens (tertiary/aromatic N) is 1. The van der Waals surface area contributed by atoms with Crippen LogP contribution < -0.4 is 10.6 Å². The predicted octanol–water partition coefficient (Wildman–Crippen LogP) is 0.163. The minimum atomic E-state index is -0.887. The van der Waals surface area contributed by atoms with Crippen molar-refractivity contribution in [3.05, 3.63) is 0 Å². The van der Waals surface area contributed by atoms with Gasteiger partial charge in [-0.1, -0.05) is 0 Å². The topological polar surface area (TPSA) is 98.7 Å². The molecule has 0 saturated carbocycles. The second-order valence-electron chi connectivity index (χ2n) is 4.55. The minimum Gasteiger partial charge on any atom is -0.481 e.